The predicted octanol–water partition coefficient (Wildman–Crippen LogP) is 0.878. The molecule has 0 saturated heterocycles. The van der Waals surface area contributed by atoms with Gasteiger partial charge in [-0.15, -0.1) is 0 Å². The third-order valence-corrected chi connectivity index (χ3v) is 2.70. The van der Waals surface area contributed by atoms with Gasteiger partial charge >= 0.3 is 5.97 Å². The van der Waals surface area contributed by atoms with Crippen molar-refractivity contribution in [3.63, 3.8) is 0 Å². The second-order valence-corrected chi connectivity index (χ2v) is 3.84. The third kappa shape index (κ3) is 3.48. The van der Waals surface area contributed by atoms with E-state index in [1.54, 1.807) is 0 Å². The van der Waals surface area contributed by atoms with Gasteiger partial charge in [-0.1, -0.05) is 6.58 Å². The number of halogens is 1. The van der Waals surface area contributed by atoms with Crippen LogP contribution in [-0.4, -0.2) is 42.9 Å². The lowest BCUT2D eigenvalue weighted by Gasteiger charge is -2.28. The number of carbonyl (C=O) groups is 1. The maximum atomic E-state index is 13.4. The molecule has 0 aliphatic heterocycles. The van der Waals surface area contributed by atoms with E-state index in [0.717, 1.165) is 0 Å². The first-order valence-electron chi connectivity index (χ1n) is 5.09. The fourth-order valence-corrected chi connectivity index (χ4v) is 1.68. The summed E-state index contributed by atoms with van der Waals surface area (Å²) in [5.74, 6) is -0.646. The van der Waals surface area contributed by atoms with Crippen LogP contribution in [-0.2, 0) is 14.3 Å². The molecule has 3 unspecified atom stereocenters. The Labute approximate surface area is 97.5 Å². The van der Waals surface area contributed by atoms with Crippen molar-refractivity contribution in [2.45, 2.75) is 31.2 Å². The Morgan fingerprint density at radius 1 is 1.71 bits per heavy atom. The second kappa shape index (κ2) is 5.72. The number of alkyl halides is 1. The minimum atomic E-state index is -1.33. The molecule has 0 bridgehead atoms. The summed E-state index contributed by atoms with van der Waals surface area (Å²) in [4.78, 5) is 21.1. The molecule has 1 aliphatic carbocycles. The maximum absolute atomic E-state index is 13.4. The Morgan fingerprint density at radius 3 is 2.88 bits per heavy atom. The standard InChI is InChI=1S/C10H14FNO5/c1-6-3-8(12(14)15)9(4-7(6)11)17-5-10(13)16-2/h7-9H,1,3-5H2,2H3. The summed E-state index contributed by atoms with van der Waals surface area (Å²) in [6, 6.07) is -1.06. The summed E-state index contributed by atoms with van der Waals surface area (Å²) in [5, 5.41) is 10.8. The average Bonchev–Trinajstić information content (AvgIpc) is 2.29. The fourth-order valence-electron chi connectivity index (χ4n) is 1.68. The minimum absolute atomic E-state index is 0.0694. The molecule has 0 amide bonds. The van der Waals surface area contributed by atoms with E-state index < -0.39 is 35.8 Å². The zero-order valence-corrected chi connectivity index (χ0v) is 9.43. The highest BCUT2D eigenvalue weighted by Gasteiger charge is 2.41. The van der Waals surface area contributed by atoms with Gasteiger partial charge in [-0.3, -0.25) is 10.1 Å². The third-order valence-electron chi connectivity index (χ3n) is 2.70. The Morgan fingerprint density at radius 2 is 2.35 bits per heavy atom. The van der Waals surface area contributed by atoms with Crippen LogP contribution in [0.25, 0.3) is 0 Å². The molecule has 3 atom stereocenters. The van der Waals surface area contributed by atoms with Crippen LogP contribution in [0.2, 0.25) is 0 Å². The van der Waals surface area contributed by atoms with Crippen LogP contribution in [0, 0.1) is 10.1 Å². The topological polar surface area (TPSA) is 78.7 Å². The SMILES string of the molecule is C=C1CC([N+](=O)[O-])C(OCC(=O)OC)CC1F. The van der Waals surface area contributed by atoms with Crippen LogP contribution >= 0.6 is 0 Å². The van der Waals surface area contributed by atoms with E-state index in [9.17, 15) is 19.3 Å². The van der Waals surface area contributed by atoms with E-state index >= 15 is 0 Å². The molecule has 1 aliphatic rings. The van der Waals surface area contributed by atoms with Gasteiger partial charge in [-0.05, 0) is 5.57 Å². The van der Waals surface area contributed by atoms with Crippen molar-refractivity contribution in [1.82, 2.24) is 0 Å². The Hall–Kier alpha value is -1.50. The van der Waals surface area contributed by atoms with E-state index in [2.05, 4.69) is 11.3 Å². The largest absolute Gasteiger partial charge is 0.467 e. The lowest BCUT2D eigenvalue weighted by Crippen LogP contribution is -2.43. The van der Waals surface area contributed by atoms with Gasteiger partial charge in [-0.25, -0.2) is 9.18 Å². The summed E-state index contributed by atoms with van der Waals surface area (Å²) in [6.45, 7) is 3.04. The zero-order valence-electron chi connectivity index (χ0n) is 9.43. The highest BCUT2D eigenvalue weighted by Crippen LogP contribution is 2.29. The number of carbonyl (C=O) groups excluding carboxylic acids is 1. The average molecular weight is 247 g/mol. The Bertz CT molecular complexity index is 333. The van der Waals surface area contributed by atoms with Gasteiger partial charge in [0.05, 0.1) is 7.11 Å². The molecule has 0 spiro atoms. The first-order chi connectivity index (χ1) is 7.95. The highest BCUT2D eigenvalue weighted by atomic mass is 19.1. The van der Waals surface area contributed by atoms with Gasteiger partial charge in [0.25, 0.3) is 0 Å². The van der Waals surface area contributed by atoms with E-state index in [0.29, 0.717) is 0 Å². The van der Waals surface area contributed by atoms with Gasteiger partial charge in [0.2, 0.25) is 6.04 Å². The minimum Gasteiger partial charge on any atom is -0.467 e. The monoisotopic (exact) mass is 247 g/mol. The summed E-state index contributed by atoms with van der Waals surface area (Å²) in [5.41, 5.74) is 0.199. The van der Waals surface area contributed by atoms with Crippen molar-refractivity contribution >= 4 is 5.97 Å². The molecule has 1 fully saturated rings. The molecule has 0 N–H and O–H groups in total. The van der Waals surface area contributed by atoms with Crippen molar-refractivity contribution in [2.75, 3.05) is 13.7 Å². The van der Waals surface area contributed by atoms with E-state index in [4.69, 9.17) is 4.74 Å². The molecule has 1 rings (SSSR count). The molecule has 0 aromatic heterocycles. The van der Waals surface area contributed by atoms with Gasteiger partial charge in [0.1, 0.15) is 18.9 Å². The molecule has 0 aromatic rings. The molecule has 0 heterocycles. The van der Waals surface area contributed by atoms with Crippen LogP contribution in [0.3, 0.4) is 0 Å². The number of rotatable bonds is 4. The first kappa shape index (κ1) is 13.6. The number of hydrogen-bond acceptors (Lipinski definition) is 5. The van der Waals surface area contributed by atoms with Gasteiger partial charge in [-0.2, -0.15) is 0 Å². The summed E-state index contributed by atoms with van der Waals surface area (Å²) >= 11 is 0. The summed E-state index contributed by atoms with van der Waals surface area (Å²) in [6.07, 6.45) is -2.47. The predicted molar refractivity (Wildman–Crippen MR) is 55.8 cm³/mol. The van der Waals surface area contributed by atoms with Gasteiger partial charge in [0.15, 0.2) is 0 Å². The quantitative estimate of drug-likeness (QED) is 0.319. The molecule has 0 aromatic carbocycles. The fraction of sp³-hybridized carbons (Fsp3) is 0.700. The van der Waals surface area contributed by atoms with E-state index in [1.165, 1.54) is 7.11 Å². The number of nitrogens with zero attached hydrogens (tertiary/aromatic N) is 1. The molecule has 0 radical (unpaired) electrons. The molecule has 1 saturated carbocycles. The smallest absolute Gasteiger partial charge is 0.331 e. The van der Waals surface area contributed by atoms with Gasteiger partial charge < -0.3 is 9.47 Å². The van der Waals surface area contributed by atoms with E-state index in [-0.39, 0.29) is 18.4 Å². The van der Waals surface area contributed by atoms with Crippen molar-refractivity contribution in [2.24, 2.45) is 0 Å². The zero-order chi connectivity index (χ0) is 13.0. The molecular formula is C10H14FNO5. The highest BCUT2D eigenvalue weighted by molar-refractivity contribution is 5.70. The lowest BCUT2D eigenvalue weighted by molar-refractivity contribution is -0.537. The van der Waals surface area contributed by atoms with Gasteiger partial charge in [0, 0.05) is 17.8 Å². The Kier molecular flexibility index (Phi) is 4.56. The molecular weight excluding hydrogens is 233 g/mol. The van der Waals surface area contributed by atoms with Crippen molar-refractivity contribution in [3.8, 4) is 0 Å². The number of esters is 1. The Balaban J connectivity index is 2.62. The summed E-state index contributed by atoms with van der Waals surface area (Å²) in [7, 11) is 1.18. The molecule has 96 valence electrons. The van der Waals surface area contributed by atoms with Crippen molar-refractivity contribution in [1.29, 1.82) is 0 Å². The summed E-state index contributed by atoms with van der Waals surface area (Å²) < 4.78 is 22.7. The number of nitro groups is 1. The van der Waals surface area contributed by atoms with Crippen LogP contribution < -0.4 is 0 Å². The van der Waals surface area contributed by atoms with E-state index in [1.807, 2.05) is 0 Å². The molecule has 7 heteroatoms. The van der Waals surface area contributed by atoms with Crippen LogP contribution in [0.5, 0.6) is 0 Å². The van der Waals surface area contributed by atoms with Crippen molar-refractivity contribution in [3.05, 3.63) is 22.3 Å². The molecule has 6 nitrogen and oxygen atoms in total. The number of methoxy groups -OCH3 is 1. The number of hydrogen-bond donors (Lipinski definition) is 0. The van der Waals surface area contributed by atoms with Crippen LogP contribution in [0.15, 0.2) is 12.2 Å². The number of ether oxygens (including phenoxy) is 2. The lowest BCUT2D eigenvalue weighted by atomic mass is 9.88. The van der Waals surface area contributed by atoms with Crippen LogP contribution in [0.1, 0.15) is 12.8 Å². The first-order valence-corrected chi connectivity index (χ1v) is 5.09. The maximum Gasteiger partial charge on any atom is 0.331 e. The second-order valence-electron chi connectivity index (χ2n) is 3.84. The normalized spacial score (nSPS) is 28.8. The van der Waals surface area contributed by atoms with Crippen LogP contribution in [0.4, 0.5) is 4.39 Å². The molecule has 17 heavy (non-hydrogen) atoms. The van der Waals surface area contributed by atoms with Crippen molar-refractivity contribution < 1.29 is 23.6 Å².